The van der Waals surface area contributed by atoms with Crippen LogP contribution in [0.25, 0.3) is 0 Å². The lowest BCUT2D eigenvalue weighted by atomic mass is 10.1. The predicted octanol–water partition coefficient (Wildman–Crippen LogP) is 1.02. The summed E-state index contributed by atoms with van der Waals surface area (Å²) in [6, 6.07) is 8.96. The Bertz CT molecular complexity index is 322. The third-order valence-electron chi connectivity index (χ3n) is 1.95. The third kappa shape index (κ3) is 3.34. The smallest absolute Gasteiger partial charge is 0.258 e. The second-order valence-electron chi connectivity index (χ2n) is 3.53. The number of nitrogens with one attached hydrogen (secondary N) is 1. The molecule has 1 aromatic carbocycles. The van der Waals surface area contributed by atoms with Gasteiger partial charge in [0, 0.05) is 12.8 Å². The fourth-order valence-electron chi connectivity index (χ4n) is 1.13. The van der Waals surface area contributed by atoms with Gasteiger partial charge >= 0.3 is 0 Å². The maximum Gasteiger partial charge on any atom is 0.258 e. The third-order valence-corrected chi connectivity index (χ3v) is 1.95. The molecule has 1 amide bonds. The van der Waals surface area contributed by atoms with E-state index in [0.29, 0.717) is 5.69 Å². The van der Waals surface area contributed by atoms with Gasteiger partial charge in [-0.15, -0.1) is 0 Å². The number of hydrogen-bond donors (Lipinski definition) is 2. The highest BCUT2D eigenvalue weighted by Crippen LogP contribution is 2.10. The van der Waals surface area contributed by atoms with Gasteiger partial charge in [0.05, 0.1) is 6.61 Å². The van der Waals surface area contributed by atoms with Gasteiger partial charge in [0.25, 0.3) is 5.91 Å². The molecular weight excluding hydrogens is 194 g/mol. The number of amides is 1. The highest BCUT2D eigenvalue weighted by atomic mass is 16.5. The van der Waals surface area contributed by atoms with Crippen molar-refractivity contribution in [2.75, 3.05) is 19.0 Å². The fraction of sp³-hybridized carbons (Fsp3) is 0.364. The Morgan fingerprint density at radius 1 is 1.47 bits per heavy atom. The summed E-state index contributed by atoms with van der Waals surface area (Å²) in [4.78, 5) is 11.6. The van der Waals surface area contributed by atoms with Crippen LogP contribution >= 0.6 is 0 Å². The van der Waals surface area contributed by atoms with E-state index in [1.165, 1.54) is 14.0 Å². The molecule has 0 saturated heterocycles. The summed E-state index contributed by atoms with van der Waals surface area (Å²) in [6.45, 7) is 1.38. The van der Waals surface area contributed by atoms with Gasteiger partial charge in [-0.2, -0.15) is 0 Å². The molecule has 1 atom stereocenters. The van der Waals surface area contributed by atoms with Crippen molar-refractivity contribution in [3.8, 4) is 0 Å². The standard InChI is InChI=1S/C11H15NO3/c1-11(14,8-15-2)10(13)12-9-6-4-3-5-7-9/h3-7,14H,8H2,1-2H3,(H,12,13)/t11-/m0/s1. The van der Waals surface area contributed by atoms with Crippen LogP contribution in [0.2, 0.25) is 0 Å². The van der Waals surface area contributed by atoms with Gasteiger partial charge in [0.2, 0.25) is 0 Å². The van der Waals surface area contributed by atoms with E-state index in [1.54, 1.807) is 24.3 Å². The molecule has 0 fully saturated rings. The van der Waals surface area contributed by atoms with Gasteiger partial charge < -0.3 is 15.2 Å². The molecule has 1 rings (SSSR count). The van der Waals surface area contributed by atoms with Crippen molar-refractivity contribution in [2.24, 2.45) is 0 Å². The first-order valence-electron chi connectivity index (χ1n) is 4.64. The minimum Gasteiger partial charge on any atom is -0.381 e. The monoisotopic (exact) mass is 209 g/mol. The maximum absolute atomic E-state index is 11.6. The van der Waals surface area contributed by atoms with Crippen molar-refractivity contribution in [2.45, 2.75) is 12.5 Å². The highest BCUT2D eigenvalue weighted by molar-refractivity contribution is 5.96. The van der Waals surface area contributed by atoms with E-state index < -0.39 is 11.5 Å². The molecule has 0 aliphatic carbocycles. The van der Waals surface area contributed by atoms with Crippen LogP contribution in [0.15, 0.2) is 30.3 Å². The number of ether oxygens (including phenoxy) is 1. The number of rotatable bonds is 4. The van der Waals surface area contributed by atoms with Crippen LogP contribution < -0.4 is 5.32 Å². The van der Waals surface area contributed by atoms with E-state index in [9.17, 15) is 9.90 Å². The molecule has 0 aliphatic rings. The molecule has 0 bridgehead atoms. The molecule has 4 heteroatoms. The summed E-state index contributed by atoms with van der Waals surface area (Å²) in [6.07, 6.45) is 0. The van der Waals surface area contributed by atoms with Crippen LogP contribution in [-0.4, -0.2) is 30.3 Å². The van der Waals surface area contributed by atoms with Crippen molar-refractivity contribution in [3.63, 3.8) is 0 Å². The number of hydrogen-bond acceptors (Lipinski definition) is 3. The normalized spacial score (nSPS) is 14.3. The average Bonchev–Trinajstić information content (AvgIpc) is 2.19. The lowest BCUT2D eigenvalue weighted by Gasteiger charge is -2.21. The molecule has 1 aromatic rings. The largest absolute Gasteiger partial charge is 0.381 e. The van der Waals surface area contributed by atoms with E-state index in [1.807, 2.05) is 6.07 Å². The van der Waals surface area contributed by atoms with Crippen LogP contribution in [0.3, 0.4) is 0 Å². The summed E-state index contributed by atoms with van der Waals surface area (Å²) < 4.78 is 4.75. The maximum atomic E-state index is 11.6. The van der Waals surface area contributed by atoms with E-state index in [-0.39, 0.29) is 6.61 Å². The lowest BCUT2D eigenvalue weighted by molar-refractivity contribution is -0.137. The summed E-state index contributed by atoms with van der Waals surface area (Å²) >= 11 is 0. The molecular formula is C11H15NO3. The highest BCUT2D eigenvalue weighted by Gasteiger charge is 2.30. The van der Waals surface area contributed by atoms with Gasteiger partial charge in [-0.3, -0.25) is 4.79 Å². The van der Waals surface area contributed by atoms with Crippen LogP contribution in [-0.2, 0) is 9.53 Å². The quantitative estimate of drug-likeness (QED) is 0.778. The SMILES string of the molecule is COC[C@](C)(O)C(=O)Nc1ccccc1. The zero-order chi connectivity index (χ0) is 11.3. The number of carbonyl (C=O) groups excluding carboxylic acids is 1. The molecule has 4 nitrogen and oxygen atoms in total. The predicted molar refractivity (Wildman–Crippen MR) is 57.6 cm³/mol. The first-order chi connectivity index (χ1) is 7.06. The molecule has 0 saturated carbocycles. The van der Waals surface area contributed by atoms with Crippen LogP contribution in [0.5, 0.6) is 0 Å². The molecule has 15 heavy (non-hydrogen) atoms. The van der Waals surface area contributed by atoms with Gasteiger partial charge in [0.15, 0.2) is 5.60 Å². The summed E-state index contributed by atoms with van der Waals surface area (Å²) in [5.41, 5.74) is -0.858. The van der Waals surface area contributed by atoms with E-state index >= 15 is 0 Å². The Morgan fingerprint density at radius 3 is 2.60 bits per heavy atom. The van der Waals surface area contributed by atoms with Gasteiger partial charge in [-0.25, -0.2) is 0 Å². The minimum atomic E-state index is -1.51. The molecule has 0 spiro atoms. The van der Waals surface area contributed by atoms with Gasteiger partial charge in [-0.1, -0.05) is 18.2 Å². The Kier molecular flexibility index (Phi) is 3.82. The number of carbonyl (C=O) groups is 1. The second-order valence-corrected chi connectivity index (χ2v) is 3.53. The van der Waals surface area contributed by atoms with E-state index in [4.69, 9.17) is 4.74 Å². The van der Waals surface area contributed by atoms with Gasteiger partial charge in [-0.05, 0) is 19.1 Å². The molecule has 0 unspecified atom stereocenters. The Morgan fingerprint density at radius 2 is 2.07 bits per heavy atom. The first kappa shape index (κ1) is 11.7. The topological polar surface area (TPSA) is 58.6 Å². The number of methoxy groups -OCH3 is 1. The Balaban J connectivity index is 2.63. The number of benzene rings is 1. The van der Waals surface area contributed by atoms with Crippen LogP contribution in [0, 0.1) is 0 Å². The minimum absolute atomic E-state index is 0.0360. The van der Waals surface area contributed by atoms with Crippen molar-refractivity contribution in [3.05, 3.63) is 30.3 Å². The Hall–Kier alpha value is -1.39. The molecule has 0 radical (unpaired) electrons. The Labute approximate surface area is 88.9 Å². The van der Waals surface area contributed by atoms with Crippen LogP contribution in [0.1, 0.15) is 6.92 Å². The number of anilines is 1. The molecule has 2 N–H and O–H groups in total. The van der Waals surface area contributed by atoms with Gasteiger partial charge in [0.1, 0.15) is 0 Å². The van der Waals surface area contributed by atoms with E-state index in [0.717, 1.165) is 0 Å². The van der Waals surface area contributed by atoms with Crippen molar-refractivity contribution in [1.29, 1.82) is 0 Å². The summed E-state index contributed by atoms with van der Waals surface area (Å²) in [5, 5.41) is 12.3. The second kappa shape index (κ2) is 4.91. The molecule has 0 aromatic heterocycles. The summed E-state index contributed by atoms with van der Waals surface area (Å²) in [7, 11) is 1.43. The summed E-state index contributed by atoms with van der Waals surface area (Å²) in [5.74, 6) is -0.476. The zero-order valence-corrected chi connectivity index (χ0v) is 8.86. The lowest BCUT2D eigenvalue weighted by Crippen LogP contribution is -2.43. The van der Waals surface area contributed by atoms with Crippen LogP contribution in [0.4, 0.5) is 5.69 Å². The molecule has 0 aliphatic heterocycles. The fourth-order valence-corrected chi connectivity index (χ4v) is 1.13. The van der Waals surface area contributed by atoms with Crippen molar-refractivity contribution >= 4 is 11.6 Å². The van der Waals surface area contributed by atoms with Crippen molar-refractivity contribution in [1.82, 2.24) is 0 Å². The first-order valence-corrected chi connectivity index (χ1v) is 4.64. The zero-order valence-electron chi connectivity index (χ0n) is 8.86. The number of aliphatic hydroxyl groups is 1. The molecule has 82 valence electrons. The van der Waals surface area contributed by atoms with Crippen molar-refractivity contribution < 1.29 is 14.6 Å². The number of para-hydroxylation sites is 1. The molecule has 0 heterocycles. The van der Waals surface area contributed by atoms with E-state index in [2.05, 4.69) is 5.32 Å². The average molecular weight is 209 g/mol.